The first-order chi connectivity index (χ1) is 7.25. The molecule has 1 aliphatic heterocycles. The highest BCUT2D eigenvalue weighted by molar-refractivity contribution is 6.42. The second-order valence-electron chi connectivity index (χ2n) is 4.82. The molecule has 2 nitrogen and oxygen atoms in total. The van der Waals surface area contributed by atoms with Gasteiger partial charge < -0.3 is 4.90 Å². The van der Waals surface area contributed by atoms with Gasteiger partial charge >= 0.3 is 7.27 Å². The molecule has 1 saturated heterocycles. The SMILES string of the molecule is FB(F)C[NH+]1CCN(C2CCCC2)CC1. The summed E-state index contributed by atoms with van der Waals surface area (Å²) in [5.41, 5.74) is 0. The molecule has 2 aliphatic rings. The Morgan fingerprint density at radius 1 is 1.13 bits per heavy atom. The van der Waals surface area contributed by atoms with Gasteiger partial charge in [0.05, 0.1) is 13.1 Å². The molecule has 5 heteroatoms. The van der Waals surface area contributed by atoms with Gasteiger partial charge in [-0.05, 0) is 12.8 Å². The third-order valence-electron chi connectivity index (χ3n) is 3.79. The normalized spacial score (nSPS) is 26.0. The summed E-state index contributed by atoms with van der Waals surface area (Å²) < 4.78 is 24.4. The number of nitrogens with one attached hydrogen (secondary N) is 1. The molecular formula is C10H20BF2N2+. The summed E-state index contributed by atoms with van der Waals surface area (Å²) in [7, 11) is -2.14. The zero-order chi connectivity index (χ0) is 10.7. The fourth-order valence-corrected chi connectivity index (χ4v) is 2.90. The van der Waals surface area contributed by atoms with Gasteiger partial charge in [0.15, 0.2) is 0 Å². The molecule has 0 aromatic heterocycles. The topological polar surface area (TPSA) is 7.68 Å². The van der Waals surface area contributed by atoms with Crippen molar-refractivity contribution in [2.45, 2.75) is 31.7 Å². The van der Waals surface area contributed by atoms with E-state index in [-0.39, 0.29) is 6.44 Å². The van der Waals surface area contributed by atoms with Crippen molar-refractivity contribution in [3.8, 4) is 0 Å². The maximum atomic E-state index is 12.2. The van der Waals surface area contributed by atoms with E-state index in [1.165, 1.54) is 25.7 Å². The molecule has 0 radical (unpaired) electrons. The van der Waals surface area contributed by atoms with E-state index >= 15 is 0 Å². The lowest BCUT2D eigenvalue weighted by Crippen LogP contribution is -3.16. The minimum Gasteiger partial charge on any atom is -0.334 e. The first-order valence-electron chi connectivity index (χ1n) is 6.11. The van der Waals surface area contributed by atoms with Gasteiger partial charge in [-0.3, -0.25) is 13.5 Å². The van der Waals surface area contributed by atoms with Crippen LogP contribution >= 0.6 is 0 Å². The Balaban J connectivity index is 1.71. The second kappa shape index (κ2) is 5.26. The molecule has 0 atom stereocenters. The zero-order valence-electron chi connectivity index (χ0n) is 9.22. The van der Waals surface area contributed by atoms with Crippen LogP contribution in [0.5, 0.6) is 0 Å². The molecule has 0 spiro atoms. The number of hydrogen-bond acceptors (Lipinski definition) is 1. The minimum atomic E-state index is -2.14. The summed E-state index contributed by atoms with van der Waals surface area (Å²) in [6.07, 6.45) is 5.40. The number of piperazine rings is 1. The van der Waals surface area contributed by atoms with Crippen LogP contribution in [-0.4, -0.2) is 50.8 Å². The van der Waals surface area contributed by atoms with Crippen LogP contribution in [0.15, 0.2) is 0 Å². The molecule has 0 amide bonds. The zero-order valence-corrected chi connectivity index (χ0v) is 9.22. The van der Waals surface area contributed by atoms with E-state index in [1.54, 1.807) is 0 Å². The number of quaternary nitrogens is 1. The number of hydrogen-bond donors (Lipinski definition) is 1. The van der Waals surface area contributed by atoms with E-state index in [4.69, 9.17) is 0 Å². The molecule has 86 valence electrons. The molecule has 1 heterocycles. The first kappa shape index (κ1) is 11.3. The Bertz CT molecular complexity index is 190. The highest BCUT2D eigenvalue weighted by Gasteiger charge is 2.30. The fraction of sp³-hybridized carbons (Fsp3) is 1.00. The summed E-state index contributed by atoms with van der Waals surface area (Å²) in [5, 5.41) is 0. The van der Waals surface area contributed by atoms with E-state index in [1.807, 2.05) is 0 Å². The van der Waals surface area contributed by atoms with Crippen molar-refractivity contribution in [1.82, 2.24) is 4.90 Å². The van der Waals surface area contributed by atoms with Gasteiger partial charge in [0.2, 0.25) is 0 Å². The van der Waals surface area contributed by atoms with Crippen LogP contribution in [0.25, 0.3) is 0 Å². The van der Waals surface area contributed by atoms with Gasteiger partial charge in [-0.2, -0.15) is 0 Å². The lowest BCUT2D eigenvalue weighted by atomic mass is 9.98. The maximum Gasteiger partial charge on any atom is 0.592 e. The molecule has 0 unspecified atom stereocenters. The van der Waals surface area contributed by atoms with Gasteiger partial charge in [-0.1, -0.05) is 12.8 Å². The first-order valence-corrected chi connectivity index (χ1v) is 6.11. The average Bonchev–Trinajstić information content (AvgIpc) is 2.71. The number of rotatable bonds is 3. The van der Waals surface area contributed by atoms with Crippen molar-refractivity contribution in [1.29, 1.82) is 0 Å². The molecule has 0 bridgehead atoms. The van der Waals surface area contributed by atoms with E-state index in [0.29, 0.717) is 0 Å². The Morgan fingerprint density at radius 3 is 2.27 bits per heavy atom. The van der Waals surface area contributed by atoms with Crippen LogP contribution < -0.4 is 4.90 Å². The van der Waals surface area contributed by atoms with Crippen molar-refractivity contribution in [2.24, 2.45) is 0 Å². The Labute approximate surface area is 90.8 Å². The molecule has 15 heavy (non-hydrogen) atoms. The van der Waals surface area contributed by atoms with Crippen LogP contribution in [-0.2, 0) is 0 Å². The van der Waals surface area contributed by atoms with E-state index in [0.717, 1.165) is 37.1 Å². The summed E-state index contributed by atoms with van der Waals surface area (Å²) in [4.78, 5) is 3.60. The maximum absolute atomic E-state index is 12.2. The lowest BCUT2D eigenvalue weighted by molar-refractivity contribution is -0.895. The summed E-state index contributed by atoms with van der Waals surface area (Å²) in [5.74, 6) is 0. The van der Waals surface area contributed by atoms with Gasteiger partial charge in [-0.25, -0.2) is 0 Å². The number of halogens is 2. The van der Waals surface area contributed by atoms with Crippen LogP contribution in [0.4, 0.5) is 8.63 Å². The molecule has 1 N–H and O–H groups in total. The Kier molecular flexibility index (Phi) is 3.97. The predicted octanol–water partition coefficient (Wildman–Crippen LogP) is 0.0959. The van der Waals surface area contributed by atoms with E-state index in [2.05, 4.69) is 4.90 Å². The van der Waals surface area contributed by atoms with E-state index in [9.17, 15) is 8.63 Å². The monoisotopic (exact) mass is 217 g/mol. The molecule has 2 fully saturated rings. The predicted molar refractivity (Wildman–Crippen MR) is 57.4 cm³/mol. The highest BCUT2D eigenvalue weighted by Crippen LogP contribution is 2.22. The molecule has 0 aromatic carbocycles. The molecular weight excluding hydrogens is 197 g/mol. The smallest absolute Gasteiger partial charge is 0.334 e. The van der Waals surface area contributed by atoms with Crippen molar-refractivity contribution in [3.05, 3.63) is 0 Å². The largest absolute Gasteiger partial charge is 0.592 e. The fourth-order valence-electron chi connectivity index (χ4n) is 2.90. The standard InChI is InChI=1S/C10H19BF2N2/c12-11(13)9-14-5-7-15(8-6-14)10-3-1-2-4-10/h10H,1-9H2/p+1. The van der Waals surface area contributed by atoms with Crippen LogP contribution in [0.1, 0.15) is 25.7 Å². The summed E-state index contributed by atoms with van der Waals surface area (Å²) in [6, 6.07) is 0.762. The molecule has 1 saturated carbocycles. The summed E-state index contributed by atoms with van der Waals surface area (Å²) >= 11 is 0. The van der Waals surface area contributed by atoms with Crippen LogP contribution in [0.3, 0.4) is 0 Å². The van der Waals surface area contributed by atoms with Crippen molar-refractivity contribution < 1.29 is 13.5 Å². The van der Waals surface area contributed by atoms with Crippen molar-refractivity contribution in [3.63, 3.8) is 0 Å². The van der Waals surface area contributed by atoms with Gasteiger partial charge in [0, 0.05) is 19.1 Å². The van der Waals surface area contributed by atoms with Gasteiger partial charge in [0.1, 0.15) is 6.44 Å². The Hall–Kier alpha value is -0.155. The highest BCUT2D eigenvalue weighted by atomic mass is 19.2. The van der Waals surface area contributed by atoms with Crippen molar-refractivity contribution in [2.75, 3.05) is 32.6 Å². The molecule has 0 aromatic rings. The average molecular weight is 217 g/mol. The molecule has 2 rings (SSSR count). The van der Waals surface area contributed by atoms with Crippen LogP contribution in [0.2, 0.25) is 0 Å². The van der Waals surface area contributed by atoms with Crippen molar-refractivity contribution >= 4 is 7.27 Å². The third-order valence-corrected chi connectivity index (χ3v) is 3.79. The quantitative estimate of drug-likeness (QED) is 0.658. The summed E-state index contributed by atoms with van der Waals surface area (Å²) in [6.45, 7) is 3.85. The number of nitrogens with zero attached hydrogens (tertiary/aromatic N) is 1. The van der Waals surface area contributed by atoms with E-state index < -0.39 is 7.27 Å². The van der Waals surface area contributed by atoms with Crippen LogP contribution in [0, 0.1) is 0 Å². The second-order valence-corrected chi connectivity index (χ2v) is 4.82. The third kappa shape index (κ3) is 3.15. The van der Waals surface area contributed by atoms with Gasteiger partial charge in [-0.15, -0.1) is 0 Å². The molecule has 1 aliphatic carbocycles. The van der Waals surface area contributed by atoms with Gasteiger partial charge in [0.25, 0.3) is 0 Å². The Morgan fingerprint density at radius 2 is 1.73 bits per heavy atom. The lowest BCUT2D eigenvalue weighted by Gasteiger charge is -2.35. The minimum absolute atomic E-state index is 0.0402.